The number of anilines is 1. The lowest BCUT2D eigenvalue weighted by atomic mass is 9.92. The molecule has 0 aliphatic heterocycles. The highest BCUT2D eigenvalue weighted by atomic mass is 14.9. The summed E-state index contributed by atoms with van der Waals surface area (Å²) in [7, 11) is 0. The Bertz CT molecular complexity index is 1990. The van der Waals surface area contributed by atoms with Crippen molar-refractivity contribution < 1.29 is 0 Å². The van der Waals surface area contributed by atoms with Crippen molar-refractivity contribution in [1.82, 2.24) is 10.6 Å². The number of unbranched alkanes of at least 4 members (excludes halogenated alkanes) is 1. The van der Waals surface area contributed by atoms with Crippen LogP contribution in [-0.2, 0) is 6.54 Å². The Labute approximate surface area is 252 Å². The number of hydrogen-bond donors (Lipinski definition) is 3. The summed E-state index contributed by atoms with van der Waals surface area (Å²) in [6, 6.07) is 40.4. The fourth-order valence-corrected chi connectivity index (χ4v) is 7.12. The standard InChI is InChI=1S/C40H37N3/c1(2-25-43-36-21-18-32-13-11-28-7-4-9-30-17-20-35(36)40(32)38(28)30)22-41-23-5-24-42-26-33-15-14-31-12-10-27-6-3-8-29-16-19-34(33)39(31)37(27)29/h3-4,6-21,41-43H,1-2,5,22-26H2. The van der Waals surface area contributed by atoms with Crippen molar-refractivity contribution in [1.29, 1.82) is 0 Å². The molecule has 0 fully saturated rings. The summed E-state index contributed by atoms with van der Waals surface area (Å²) in [5, 5.41) is 27.3. The summed E-state index contributed by atoms with van der Waals surface area (Å²) in [5.41, 5.74) is 2.63. The van der Waals surface area contributed by atoms with E-state index in [1.807, 2.05) is 0 Å². The molecule has 0 amide bonds. The zero-order valence-corrected chi connectivity index (χ0v) is 24.5. The van der Waals surface area contributed by atoms with Crippen LogP contribution in [0.4, 0.5) is 5.69 Å². The van der Waals surface area contributed by atoms with Gasteiger partial charge >= 0.3 is 0 Å². The van der Waals surface area contributed by atoms with Crippen LogP contribution in [0.1, 0.15) is 24.8 Å². The van der Waals surface area contributed by atoms with Crippen LogP contribution in [0.15, 0.2) is 109 Å². The minimum atomic E-state index is 0.906. The molecular weight excluding hydrogens is 522 g/mol. The zero-order valence-electron chi connectivity index (χ0n) is 24.5. The molecule has 0 saturated heterocycles. The molecule has 0 saturated carbocycles. The van der Waals surface area contributed by atoms with Gasteiger partial charge in [0.1, 0.15) is 0 Å². The van der Waals surface area contributed by atoms with Gasteiger partial charge in [-0.1, -0.05) is 103 Å². The second-order valence-corrected chi connectivity index (χ2v) is 12.0. The first-order valence-electron chi connectivity index (χ1n) is 15.8. The molecule has 3 nitrogen and oxygen atoms in total. The topological polar surface area (TPSA) is 36.1 Å². The van der Waals surface area contributed by atoms with Crippen molar-refractivity contribution in [2.75, 3.05) is 31.5 Å². The lowest BCUT2D eigenvalue weighted by molar-refractivity contribution is 0.579. The summed E-state index contributed by atoms with van der Waals surface area (Å²) < 4.78 is 0. The van der Waals surface area contributed by atoms with Gasteiger partial charge in [0.25, 0.3) is 0 Å². The highest BCUT2D eigenvalue weighted by Crippen LogP contribution is 2.38. The van der Waals surface area contributed by atoms with Crippen LogP contribution in [0, 0.1) is 0 Å². The Morgan fingerprint density at radius 1 is 0.372 bits per heavy atom. The minimum Gasteiger partial charge on any atom is -0.385 e. The quantitative estimate of drug-likeness (QED) is 0.103. The normalized spacial score (nSPS) is 12.2. The van der Waals surface area contributed by atoms with Gasteiger partial charge in [-0.3, -0.25) is 0 Å². The second-order valence-electron chi connectivity index (χ2n) is 12.0. The first-order chi connectivity index (χ1) is 21.3. The molecule has 0 aromatic heterocycles. The van der Waals surface area contributed by atoms with Crippen molar-refractivity contribution in [2.24, 2.45) is 0 Å². The highest BCUT2D eigenvalue weighted by Gasteiger charge is 2.12. The number of rotatable bonds is 12. The van der Waals surface area contributed by atoms with Gasteiger partial charge in [0.05, 0.1) is 0 Å². The van der Waals surface area contributed by atoms with Gasteiger partial charge in [0, 0.05) is 24.2 Å². The molecule has 8 aromatic rings. The van der Waals surface area contributed by atoms with Crippen LogP contribution in [0.3, 0.4) is 0 Å². The summed E-state index contributed by atoms with van der Waals surface area (Å²) >= 11 is 0. The molecule has 0 atom stereocenters. The number of hydrogen-bond acceptors (Lipinski definition) is 3. The van der Waals surface area contributed by atoms with E-state index in [0.717, 1.165) is 45.6 Å². The predicted molar refractivity (Wildman–Crippen MR) is 187 cm³/mol. The zero-order chi connectivity index (χ0) is 28.6. The van der Waals surface area contributed by atoms with Crippen molar-refractivity contribution in [3.8, 4) is 0 Å². The molecule has 8 aromatic carbocycles. The van der Waals surface area contributed by atoms with Crippen LogP contribution >= 0.6 is 0 Å². The van der Waals surface area contributed by atoms with Gasteiger partial charge in [0.15, 0.2) is 0 Å². The molecule has 0 heterocycles. The van der Waals surface area contributed by atoms with Crippen molar-refractivity contribution in [3.63, 3.8) is 0 Å². The van der Waals surface area contributed by atoms with Gasteiger partial charge in [-0.15, -0.1) is 0 Å². The van der Waals surface area contributed by atoms with E-state index in [4.69, 9.17) is 0 Å². The Balaban J connectivity index is 0.786. The van der Waals surface area contributed by atoms with Gasteiger partial charge in [-0.05, 0) is 110 Å². The van der Waals surface area contributed by atoms with Crippen LogP contribution in [0.2, 0.25) is 0 Å². The molecule has 8 rings (SSSR count). The molecule has 0 unspecified atom stereocenters. The Morgan fingerprint density at radius 3 is 1.56 bits per heavy atom. The van der Waals surface area contributed by atoms with Crippen LogP contribution in [-0.4, -0.2) is 26.2 Å². The number of benzene rings is 8. The smallest absolute Gasteiger partial charge is 0.0420 e. The highest BCUT2D eigenvalue weighted by molar-refractivity contribution is 6.25. The largest absolute Gasteiger partial charge is 0.385 e. The third kappa shape index (κ3) is 4.79. The van der Waals surface area contributed by atoms with E-state index >= 15 is 0 Å². The lowest BCUT2D eigenvalue weighted by Crippen LogP contribution is -2.23. The van der Waals surface area contributed by atoms with Crippen molar-refractivity contribution >= 4 is 70.3 Å². The molecule has 0 aliphatic carbocycles. The first kappa shape index (κ1) is 26.2. The third-order valence-electron chi connectivity index (χ3n) is 9.27. The maximum absolute atomic E-state index is 3.72. The summed E-state index contributed by atoms with van der Waals surface area (Å²) in [5.74, 6) is 0. The van der Waals surface area contributed by atoms with Crippen molar-refractivity contribution in [3.05, 3.63) is 115 Å². The van der Waals surface area contributed by atoms with E-state index in [9.17, 15) is 0 Å². The predicted octanol–water partition coefficient (Wildman–Crippen LogP) is 9.44. The molecule has 0 aliphatic rings. The van der Waals surface area contributed by atoms with Gasteiger partial charge < -0.3 is 16.0 Å². The average Bonchev–Trinajstić information content (AvgIpc) is 3.06. The monoisotopic (exact) mass is 559 g/mol. The van der Waals surface area contributed by atoms with E-state index in [0.29, 0.717) is 0 Å². The molecule has 212 valence electrons. The van der Waals surface area contributed by atoms with E-state index in [-0.39, 0.29) is 0 Å². The lowest BCUT2D eigenvalue weighted by Gasteiger charge is -2.15. The summed E-state index contributed by atoms with van der Waals surface area (Å²) in [6.45, 7) is 5.03. The Hall–Kier alpha value is -4.44. The van der Waals surface area contributed by atoms with E-state index < -0.39 is 0 Å². The van der Waals surface area contributed by atoms with Crippen LogP contribution in [0.5, 0.6) is 0 Å². The van der Waals surface area contributed by atoms with Gasteiger partial charge in [-0.2, -0.15) is 0 Å². The maximum atomic E-state index is 3.72. The molecule has 3 heteroatoms. The molecular formula is C40H37N3. The van der Waals surface area contributed by atoms with Gasteiger partial charge in [-0.25, -0.2) is 0 Å². The summed E-state index contributed by atoms with van der Waals surface area (Å²) in [4.78, 5) is 0. The van der Waals surface area contributed by atoms with E-state index in [2.05, 4.69) is 125 Å². The average molecular weight is 560 g/mol. The molecule has 0 bridgehead atoms. The molecule has 0 spiro atoms. The Kier molecular flexibility index (Phi) is 6.91. The molecule has 3 N–H and O–H groups in total. The van der Waals surface area contributed by atoms with E-state index in [1.54, 1.807) is 0 Å². The first-order valence-corrected chi connectivity index (χ1v) is 15.8. The molecule has 0 radical (unpaired) electrons. The maximum Gasteiger partial charge on any atom is 0.0420 e. The van der Waals surface area contributed by atoms with Crippen molar-refractivity contribution in [2.45, 2.75) is 25.8 Å². The second kappa shape index (κ2) is 11.3. The Morgan fingerprint density at radius 2 is 0.860 bits per heavy atom. The third-order valence-corrected chi connectivity index (χ3v) is 9.27. The molecule has 43 heavy (non-hydrogen) atoms. The van der Waals surface area contributed by atoms with E-state index in [1.165, 1.54) is 82.3 Å². The minimum absolute atomic E-state index is 0.906. The fraction of sp³-hybridized carbons (Fsp3) is 0.200. The van der Waals surface area contributed by atoms with Crippen LogP contribution < -0.4 is 16.0 Å². The van der Waals surface area contributed by atoms with Gasteiger partial charge in [0.2, 0.25) is 0 Å². The number of nitrogens with one attached hydrogen (secondary N) is 3. The van der Waals surface area contributed by atoms with Crippen LogP contribution in [0.25, 0.3) is 64.6 Å². The summed E-state index contributed by atoms with van der Waals surface area (Å²) in [6.07, 6.45) is 3.46. The SMILES string of the molecule is c1cc2ccc3ccc(CNCCCNCCCCNc4ccc5ccc6cccc7ccc4c5c67)c4ccc(c1)c2c34. The fourth-order valence-electron chi connectivity index (χ4n) is 7.12.